The average molecular weight is 457 g/mol. The Bertz CT molecular complexity index is 971. The number of benzene rings is 1. The Labute approximate surface area is 182 Å². The number of hydrogen-bond donors (Lipinski definition) is 0. The van der Waals surface area contributed by atoms with Crippen LogP contribution in [-0.2, 0) is 4.74 Å². The van der Waals surface area contributed by atoms with Gasteiger partial charge in [-0.1, -0.05) is 29.3 Å². The third-order valence-electron chi connectivity index (χ3n) is 4.86. The number of rotatable bonds is 4. The summed E-state index contributed by atoms with van der Waals surface area (Å²) in [6, 6.07) is 3.83. The van der Waals surface area contributed by atoms with Gasteiger partial charge in [-0.05, 0) is 49.2 Å². The molecule has 2 aromatic rings. The van der Waals surface area contributed by atoms with Gasteiger partial charge in [-0.2, -0.15) is 4.68 Å². The van der Waals surface area contributed by atoms with Crippen molar-refractivity contribution in [2.45, 2.75) is 32.7 Å². The minimum absolute atomic E-state index is 0.152. The summed E-state index contributed by atoms with van der Waals surface area (Å²) in [5.41, 5.74) is -0.634. The van der Waals surface area contributed by atoms with Gasteiger partial charge in [-0.15, -0.1) is 4.68 Å². The quantitative estimate of drug-likeness (QED) is 0.655. The number of carbonyl (C=O) groups excluding carboxylic acids is 2. The van der Waals surface area contributed by atoms with Gasteiger partial charge in [0.05, 0.1) is 22.7 Å². The smallest absolute Gasteiger partial charge is 0.409 e. The fraction of sp³-hybridized carbons (Fsp3) is 0.500. The number of tetrazole rings is 1. The van der Waals surface area contributed by atoms with Crippen molar-refractivity contribution in [1.29, 1.82) is 0 Å². The van der Waals surface area contributed by atoms with E-state index in [-0.39, 0.29) is 28.4 Å². The summed E-state index contributed by atoms with van der Waals surface area (Å²) < 4.78 is 6.62. The van der Waals surface area contributed by atoms with E-state index >= 15 is 0 Å². The van der Waals surface area contributed by atoms with E-state index in [2.05, 4.69) is 10.4 Å². The number of carbonyl (C=O) groups is 2. The molecule has 1 saturated heterocycles. The van der Waals surface area contributed by atoms with E-state index in [0.29, 0.717) is 37.2 Å². The molecule has 1 aromatic heterocycles. The zero-order valence-corrected chi connectivity index (χ0v) is 18.1. The minimum atomic E-state index is -0.786. The molecule has 2 amide bonds. The normalized spacial score (nSPS) is 16.4. The Morgan fingerprint density at radius 1 is 1.23 bits per heavy atom. The van der Waals surface area contributed by atoms with Crippen molar-refractivity contribution in [3.8, 4) is 5.69 Å². The van der Waals surface area contributed by atoms with E-state index in [1.807, 2.05) is 0 Å². The molecule has 2 heterocycles. The number of nitrogens with zero attached hydrogens (tertiary/aromatic N) is 6. The van der Waals surface area contributed by atoms with Crippen molar-refractivity contribution in [3.63, 3.8) is 0 Å². The highest BCUT2D eigenvalue weighted by molar-refractivity contribution is 6.37. The number of amides is 2. The van der Waals surface area contributed by atoms with Crippen LogP contribution in [0.5, 0.6) is 0 Å². The number of likely N-dealkylation sites (tertiary alicyclic amines) is 1. The van der Waals surface area contributed by atoms with Crippen molar-refractivity contribution in [1.82, 2.24) is 29.6 Å². The SMILES string of the molecule is CCOC(=O)N1CCCC(N(CC)C(=O)n2nnn(-c3c(Cl)cccc3Cl)c2=O)C1. The Kier molecular flexibility index (Phi) is 6.99. The summed E-state index contributed by atoms with van der Waals surface area (Å²) >= 11 is 12.3. The van der Waals surface area contributed by atoms with Gasteiger partial charge < -0.3 is 14.5 Å². The van der Waals surface area contributed by atoms with Crippen LogP contribution < -0.4 is 5.69 Å². The molecular formula is C18H22Cl2N6O4. The molecule has 3 rings (SSSR count). The molecule has 0 radical (unpaired) electrons. The molecular weight excluding hydrogens is 435 g/mol. The zero-order valence-electron chi connectivity index (χ0n) is 16.6. The molecule has 10 nitrogen and oxygen atoms in total. The van der Waals surface area contributed by atoms with Crippen molar-refractivity contribution in [3.05, 3.63) is 38.7 Å². The number of halogens is 2. The standard InChI is InChI=1S/C18H22Cl2N6O4/c1-3-24(12-7-6-10-23(11-12)18(29)30-4-2)16(27)26-17(28)25(21-22-26)15-13(19)8-5-9-14(15)20/h5,8-9,12H,3-4,6-7,10-11H2,1-2H3. The first kappa shape index (κ1) is 22.1. The number of piperidine rings is 1. The highest BCUT2D eigenvalue weighted by Crippen LogP contribution is 2.26. The second-order valence-corrected chi connectivity index (χ2v) is 7.48. The lowest BCUT2D eigenvalue weighted by Crippen LogP contribution is -2.54. The Morgan fingerprint density at radius 3 is 2.57 bits per heavy atom. The van der Waals surface area contributed by atoms with Crippen molar-refractivity contribution < 1.29 is 14.3 Å². The molecule has 1 aromatic carbocycles. The molecule has 30 heavy (non-hydrogen) atoms. The first-order valence-electron chi connectivity index (χ1n) is 9.61. The Balaban J connectivity index is 1.86. The second-order valence-electron chi connectivity index (χ2n) is 6.66. The number of likely N-dealkylation sites (N-methyl/N-ethyl adjacent to an activating group) is 1. The van der Waals surface area contributed by atoms with Gasteiger partial charge in [-0.3, -0.25) is 0 Å². The topological polar surface area (TPSA) is 103 Å². The van der Waals surface area contributed by atoms with Gasteiger partial charge in [0.1, 0.15) is 5.69 Å². The van der Waals surface area contributed by atoms with Crippen LogP contribution in [-0.4, -0.2) is 74.0 Å². The van der Waals surface area contributed by atoms with Gasteiger partial charge in [-0.25, -0.2) is 14.4 Å². The molecule has 162 valence electrons. The summed E-state index contributed by atoms with van der Waals surface area (Å²) in [6.45, 7) is 5.01. The van der Waals surface area contributed by atoms with Crippen LogP contribution in [0.25, 0.3) is 5.69 Å². The van der Waals surface area contributed by atoms with E-state index < -0.39 is 17.8 Å². The third kappa shape index (κ3) is 4.29. The lowest BCUT2D eigenvalue weighted by Gasteiger charge is -2.37. The van der Waals surface area contributed by atoms with E-state index in [0.717, 1.165) is 4.68 Å². The summed E-state index contributed by atoms with van der Waals surface area (Å²) in [6.07, 6.45) is 0.987. The molecule has 12 heteroatoms. The molecule has 0 bridgehead atoms. The maximum Gasteiger partial charge on any atom is 0.409 e. The van der Waals surface area contributed by atoms with E-state index in [4.69, 9.17) is 27.9 Å². The fourth-order valence-corrected chi connectivity index (χ4v) is 4.02. The molecule has 1 aliphatic rings. The summed E-state index contributed by atoms with van der Waals surface area (Å²) in [4.78, 5) is 41.0. The molecule has 0 saturated carbocycles. The van der Waals surface area contributed by atoms with Gasteiger partial charge >= 0.3 is 17.8 Å². The average Bonchev–Trinajstić information content (AvgIpc) is 3.10. The molecule has 0 spiro atoms. The zero-order chi connectivity index (χ0) is 21.8. The number of ether oxygens (including phenoxy) is 1. The predicted molar refractivity (Wildman–Crippen MR) is 110 cm³/mol. The maximum atomic E-state index is 13.1. The minimum Gasteiger partial charge on any atom is -0.450 e. The number of para-hydroxylation sites is 1. The monoisotopic (exact) mass is 456 g/mol. The van der Waals surface area contributed by atoms with Crippen LogP contribution in [0.4, 0.5) is 9.59 Å². The van der Waals surface area contributed by atoms with Crippen molar-refractivity contribution in [2.24, 2.45) is 0 Å². The summed E-state index contributed by atoms with van der Waals surface area (Å²) in [5, 5.41) is 7.90. The molecule has 0 aliphatic carbocycles. The molecule has 1 unspecified atom stereocenters. The summed E-state index contributed by atoms with van der Waals surface area (Å²) in [7, 11) is 0. The van der Waals surface area contributed by atoms with E-state index in [1.165, 1.54) is 4.90 Å². The molecule has 1 atom stereocenters. The highest BCUT2D eigenvalue weighted by atomic mass is 35.5. The third-order valence-corrected chi connectivity index (χ3v) is 5.47. The second kappa shape index (κ2) is 9.48. The first-order valence-corrected chi connectivity index (χ1v) is 10.4. The predicted octanol–water partition coefficient (Wildman–Crippen LogP) is 2.65. The van der Waals surface area contributed by atoms with Crippen molar-refractivity contribution in [2.75, 3.05) is 26.2 Å². The summed E-state index contributed by atoms with van der Waals surface area (Å²) in [5.74, 6) is 0. The van der Waals surface area contributed by atoms with Gasteiger partial charge in [0.2, 0.25) is 0 Å². The molecule has 1 fully saturated rings. The number of hydrogen-bond acceptors (Lipinski definition) is 6. The first-order chi connectivity index (χ1) is 14.4. The van der Waals surface area contributed by atoms with Crippen LogP contribution >= 0.6 is 23.2 Å². The lowest BCUT2D eigenvalue weighted by molar-refractivity contribution is 0.0751. The molecule has 0 N–H and O–H groups in total. The Morgan fingerprint density at radius 2 is 1.93 bits per heavy atom. The van der Waals surface area contributed by atoms with Gasteiger partial charge in [0, 0.05) is 19.6 Å². The van der Waals surface area contributed by atoms with E-state index in [9.17, 15) is 14.4 Å². The lowest BCUT2D eigenvalue weighted by atomic mass is 10.0. The van der Waals surface area contributed by atoms with Crippen LogP contribution in [0.15, 0.2) is 23.0 Å². The Hall–Kier alpha value is -2.59. The van der Waals surface area contributed by atoms with Crippen LogP contribution in [0.1, 0.15) is 26.7 Å². The van der Waals surface area contributed by atoms with Crippen LogP contribution in [0, 0.1) is 0 Å². The van der Waals surface area contributed by atoms with Gasteiger partial charge in [0.15, 0.2) is 0 Å². The highest BCUT2D eigenvalue weighted by Gasteiger charge is 2.32. The number of aromatic nitrogens is 4. The largest absolute Gasteiger partial charge is 0.450 e. The van der Waals surface area contributed by atoms with Gasteiger partial charge in [0.25, 0.3) is 0 Å². The van der Waals surface area contributed by atoms with Crippen molar-refractivity contribution >= 4 is 35.3 Å². The van der Waals surface area contributed by atoms with Crippen LogP contribution in [0.2, 0.25) is 10.0 Å². The fourth-order valence-electron chi connectivity index (χ4n) is 3.46. The maximum absolute atomic E-state index is 13.1. The molecule has 1 aliphatic heterocycles. The van der Waals surface area contributed by atoms with Crippen LogP contribution in [0.3, 0.4) is 0 Å². The van der Waals surface area contributed by atoms with E-state index in [1.54, 1.807) is 36.9 Å².